The van der Waals surface area contributed by atoms with E-state index in [1.807, 2.05) is 24.6 Å². The third kappa shape index (κ3) is 3.29. The number of aryl methyl sites for hydroxylation is 1. The lowest BCUT2D eigenvalue weighted by molar-refractivity contribution is 0.102. The number of nitrogens with one attached hydrogen (secondary N) is 1. The van der Waals surface area contributed by atoms with Crippen molar-refractivity contribution in [2.24, 2.45) is 7.05 Å². The number of rotatable bonds is 4. The molecule has 7 nitrogen and oxygen atoms in total. The zero-order valence-corrected chi connectivity index (χ0v) is 15.0. The molecule has 0 bridgehead atoms. The molecule has 1 aromatic carbocycles. The molecule has 4 rings (SSSR count). The van der Waals surface area contributed by atoms with Gasteiger partial charge in [0.15, 0.2) is 0 Å². The van der Waals surface area contributed by atoms with Crippen LogP contribution in [0.25, 0.3) is 22.2 Å². The molecule has 1 N–H and O–H groups in total. The first-order valence-corrected chi connectivity index (χ1v) is 8.22. The molecular weight excluding hydrogens is 354 g/mol. The van der Waals surface area contributed by atoms with E-state index in [2.05, 4.69) is 25.0 Å². The van der Waals surface area contributed by atoms with Crippen molar-refractivity contribution in [1.29, 1.82) is 0 Å². The molecule has 0 saturated heterocycles. The molecule has 0 atom stereocenters. The monoisotopic (exact) mass is 380 g/mol. The number of hydrogen-bond acceptors (Lipinski definition) is 5. The first-order chi connectivity index (χ1) is 16.4. The highest BCUT2D eigenvalue weighted by molar-refractivity contribution is 6.04. The summed E-state index contributed by atoms with van der Waals surface area (Å²) in [5, 5.41) is 3.13. The van der Waals surface area contributed by atoms with Crippen LogP contribution in [-0.4, -0.2) is 32.5 Å². The summed E-state index contributed by atoms with van der Waals surface area (Å²) in [6, 6.07) is 0.388. The average Bonchev–Trinajstić information content (AvgIpc) is 3.12. The van der Waals surface area contributed by atoms with Crippen LogP contribution in [-0.2, 0) is 7.05 Å². The van der Waals surface area contributed by atoms with Crippen molar-refractivity contribution < 1.29 is 19.1 Å². The van der Waals surface area contributed by atoms with E-state index in [0.29, 0.717) is 10.9 Å². The first kappa shape index (κ1) is 11.2. The highest BCUT2D eigenvalue weighted by Crippen LogP contribution is 2.24. The fourth-order valence-electron chi connectivity index (χ4n) is 2.65. The molecule has 0 radical (unpaired) electrons. The zero-order valence-electron chi connectivity index (χ0n) is 22.0. The second-order valence-corrected chi connectivity index (χ2v) is 6.00. The van der Waals surface area contributed by atoms with Crippen molar-refractivity contribution in [2.45, 2.75) is 6.92 Å². The smallest absolute Gasteiger partial charge is 0.256 e. The molecule has 0 unspecified atom stereocenters. The summed E-state index contributed by atoms with van der Waals surface area (Å²) >= 11 is 0. The topological polar surface area (TPSA) is 81.9 Å². The standard InChI is InChI=1S/C21H19N5O2/c1-13-22-12-19(26(13)2)16-8-15-9-20(24-11-18(15)23-10-16)25-21(27)14-4-6-17(28-3)7-5-14/h4-12H,1-3H3,(H,24,25,27)/i3D3,4D,5D,6D,7D. The Hall–Kier alpha value is -3.74. The van der Waals surface area contributed by atoms with Gasteiger partial charge in [-0.05, 0) is 43.2 Å². The van der Waals surface area contributed by atoms with E-state index >= 15 is 0 Å². The van der Waals surface area contributed by atoms with Gasteiger partial charge in [-0.3, -0.25) is 9.78 Å². The molecule has 28 heavy (non-hydrogen) atoms. The third-order valence-corrected chi connectivity index (χ3v) is 4.26. The Bertz CT molecular complexity index is 1450. The van der Waals surface area contributed by atoms with Crippen LogP contribution in [0.2, 0.25) is 0 Å². The van der Waals surface area contributed by atoms with Crippen molar-refractivity contribution in [3.63, 3.8) is 0 Å². The van der Waals surface area contributed by atoms with Crippen LogP contribution < -0.4 is 10.1 Å². The highest BCUT2D eigenvalue weighted by atomic mass is 16.5. The van der Waals surface area contributed by atoms with Crippen LogP contribution in [0.5, 0.6) is 5.75 Å². The number of benzene rings is 1. The van der Waals surface area contributed by atoms with E-state index in [1.54, 1.807) is 18.5 Å². The van der Waals surface area contributed by atoms with Gasteiger partial charge in [0.2, 0.25) is 0 Å². The van der Waals surface area contributed by atoms with Gasteiger partial charge < -0.3 is 14.6 Å². The maximum absolute atomic E-state index is 12.9. The Morgan fingerprint density at radius 2 is 1.96 bits per heavy atom. The van der Waals surface area contributed by atoms with E-state index in [0.717, 1.165) is 17.1 Å². The summed E-state index contributed by atoms with van der Waals surface area (Å²) in [6.45, 7) is 1.88. The average molecular weight is 380 g/mol. The molecule has 1 amide bonds. The van der Waals surface area contributed by atoms with Gasteiger partial charge >= 0.3 is 0 Å². The summed E-state index contributed by atoms with van der Waals surface area (Å²) in [5.74, 6) is -0.773. The van der Waals surface area contributed by atoms with Crippen LogP contribution in [0.1, 0.15) is 25.8 Å². The fourth-order valence-corrected chi connectivity index (χ4v) is 2.65. The molecule has 0 saturated carbocycles. The zero-order chi connectivity index (χ0) is 25.7. The number of imidazole rings is 1. The number of aromatic nitrogens is 4. The van der Waals surface area contributed by atoms with Crippen molar-refractivity contribution in [2.75, 3.05) is 12.4 Å². The third-order valence-electron chi connectivity index (χ3n) is 4.26. The van der Waals surface area contributed by atoms with Crippen molar-refractivity contribution >= 4 is 22.6 Å². The lowest BCUT2D eigenvalue weighted by atomic mass is 10.1. The minimum absolute atomic E-state index is 0.0994. The van der Waals surface area contributed by atoms with Crippen LogP contribution in [0.15, 0.2) is 54.9 Å². The number of anilines is 1. The van der Waals surface area contributed by atoms with Crippen LogP contribution >= 0.6 is 0 Å². The van der Waals surface area contributed by atoms with Gasteiger partial charge in [0.05, 0.1) is 40.2 Å². The van der Waals surface area contributed by atoms with Gasteiger partial charge in [-0.1, -0.05) is 0 Å². The molecule has 0 spiro atoms. The van der Waals surface area contributed by atoms with Crippen molar-refractivity contribution in [3.8, 4) is 17.0 Å². The Morgan fingerprint density at radius 3 is 2.68 bits per heavy atom. The maximum Gasteiger partial charge on any atom is 0.256 e. The second kappa shape index (κ2) is 7.11. The van der Waals surface area contributed by atoms with Gasteiger partial charge in [-0.2, -0.15) is 0 Å². The quantitative estimate of drug-likeness (QED) is 0.585. The minimum Gasteiger partial charge on any atom is -0.497 e. The summed E-state index contributed by atoms with van der Waals surface area (Å²) in [7, 11) is -1.10. The number of carbonyl (C=O) groups is 1. The normalized spacial score (nSPS) is 14.9. The van der Waals surface area contributed by atoms with Gasteiger partial charge in [0.1, 0.15) is 17.4 Å². The molecule has 0 aliphatic carbocycles. The fraction of sp³-hybridized carbons (Fsp3) is 0.143. The highest BCUT2D eigenvalue weighted by Gasteiger charge is 2.10. The van der Waals surface area contributed by atoms with Gasteiger partial charge in [0.25, 0.3) is 5.91 Å². The SMILES string of the molecule is [2H]c1c([2H])c(C(=O)Nc2cc3cc(-c4cnc(C)n4C)cnc3cn2)c([2H])c([2H])c1OC([2H])([2H])[2H]. The van der Waals surface area contributed by atoms with Gasteiger partial charge in [-0.15, -0.1) is 0 Å². The summed E-state index contributed by atoms with van der Waals surface area (Å²) in [5.41, 5.74) is 1.65. The number of pyridine rings is 2. The van der Waals surface area contributed by atoms with E-state index in [9.17, 15) is 4.79 Å². The largest absolute Gasteiger partial charge is 0.497 e. The number of nitrogens with zero attached hydrogens (tertiary/aromatic N) is 4. The molecule has 0 aliphatic heterocycles. The lowest BCUT2D eigenvalue weighted by Gasteiger charge is -2.08. The second-order valence-electron chi connectivity index (χ2n) is 6.00. The number of methoxy groups -OCH3 is 1. The van der Waals surface area contributed by atoms with E-state index < -0.39 is 48.4 Å². The molecular formula is C21H19N5O2. The van der Waals surface area contributed by atoms with Crippen molar-refractivity contribution in [1.82, 2.24) is 19.5 Å². The molecule has 0 fully saturated rings. The molecule has 140 valence electrons. The maximum atomic E-state index is 12.9. The predicted molar refractivity (Wildman–Crippen MR) is 107 cm³/mol. The number of carbonyl (C=O) groups excluding carboxylic acids is 1. The van der Waals surface area contributed by atoms with Gasteiger partial charge in [0, 0.05) is 29.8 Å². The molecule has 4 aromatic rings. The van der Waals surface area contributed by atoms with E-state index in [4.69, 9.17) is 9.60 Å². The van der Waals surface area contributed by atoms with Crippen molar-refractivity contribution in [3.05, 3.63) is 66.3 Å². The van der Waals surface area contributed by atoms with Crippen LogP contribution in [0, 0.1) is 6.92 Å². The van der Waals surface area contributed by atoms with E-state index in [1.165, 1.54) is 6.20 Å². The number of ether oxygens (including phenoxy) is 1. The van der Waals surface area contributed by atoms with Crippen LogP contribution in [0.4, 0.5) is 5.82 Å². The Balaban J connectivity index is 1.69. The van der Waals surface area contributed by atoms with Crippen LogP contribution in [0.3, 0.4) is 0 Å². The molecule has 3 heterocycles. The lowest BCUT2D eigenvalue weighted by Crippen LogP contribution is -2.12. The Labute approximate surface area is 171 Å². The molecule has 3 aromatic heterocycles. The van der Waals surface area contributed by atoms with Gasteiger partial charge in [-0.25, -0.2) is 9.97 Å². The summed E-state index contributed by atoms with van der Waals surface area (Å²) < 4.78 is 60.2. The first-order valence-electron chi connectivity index (χ1n) is 11.7. The summed E-state index contributed by atoms with van der Waals surface area (Å²) in [4.78, 5) is 25.7. The summed E-state index contributed by atoms with van der Waals surface area (Å²) in [6.07, 6.45) is 4.86. The number of fused-ring (bicyclic) bond motifs is 1. The van der Waals surface area contributed by atoms with E-state index in [-0.39, 0.29) is 5.82 Å². The predicted octanol–water partition coefficient (Wildman–Crippen LogP) is 3.60. The molecule has 0 aliphatic rings. The number of amides is 1. The molecule has 7 heteroatoms. The minimum atomic E-state index is -2.98. The Kier molecular flexibility index (Phi) is 2.84. The Morgan fingerprint density at radius 1 is 1.14 bits per heavy atom. The number of hydrogen-bond donors (Lipinski definition) is 1.